The standard InChI is InChI=1S/C20H18Br2F3NO5S/c1-19(2,3)26(10-17(27)28)18(29)11-4-13(21)8-15(5-11)32(30,31)16-7-12(20(23,24)25)6-14(22)9-16/h4-9H,10H2,1-3H3,(H,27,28). The number of benzene rings is 2. The van der Waals surface area contributed by atoms with Crippen LogP contribution in [0.5, 0.6) is 0 Å². The summed E-state index contributed by atoms with van der Waals surface area (Å²) in [6.45, 7) is 4.22. The predicted molar refractivity (Wildman–Crippen MR) is 117 cm³/mol. The van der Waals surface area contributed by atoms with Gasteiger partial charge in [-0.15, -0.1) is 0 Å². The number of amides is 1. The van der Waals surface area contributed by atoms with Gasteiger partial charge in [0, 0.05) is 20.0 Å². The van der Waals surface area contributed by atoms with Crippen LogP contribution in [0.25, 0.3) is 0 Å². The third-order valence-corrected chi connectivity index (χ3v) is 6.91. The van der Waals surface area contributed by atoms with E-state index in [0.29, 0.717) is 6.07 Å². The van der Waals surface area contributed by atoms with Gasteiger partial charge in [-0.3, -0.25) is 9.59 Å². The van der Waals surface area contributed by atoms with Gasteiger partial charge in [0.05, 0.1) is 15.4 Å². The molecule has 6 nitrogen and oxygen atoms in total. The first-order chi connectivity index (χ1) is 14.4. The van der Waals surface area contributed by atoms with Crippen LogP contribution in [0.3, 0.4) is 0 Å². The van der Waals surface area contributed by atoms with Crippen molar-refractivity contribution in [3.8, 4) is 0 Å². The van der Waals surface area contributed by atoms with Gasteiger partial charge < -0.3 is 10.0 Å². The molecule has 0 spiro atoms. The number of carbonyl (C=O) groups is 2. The van der Waals surface area contributed by atoms with Crippen molar-refractivity contribution in [3.63, 3.8) is 0 Å². The van der Waals surface area contributed by atoms with Crippen molar-refractivity contribution in [1.29, 1.82) is 0 Å². The van der Waals surface area contributed by atoms with E-state index in [9.17, 15) is 31.2 Å². The van der Waals surface area contributed by atoms with Crippen molar-refractivity contribution in [3.05, 3.63) is 56.5 Å². The summed E-state index contributed by atoms with van der Waals surface area (Å²) in [4.78, 5) is 24.3. The Morgan fingerprint density at radius 1 is 0.938 bits per heavy atom. The van der Waals surface area contributed by atoms with E-state index in [4.69, 9.17) is 5.11 Å². The van der Waals surface area contributed by atoms with Crippen molar-refractivity contribution >= 4 is 53.6 Å². The normalized spacial score (nSPS) is 12.5. The van der Waals surface area contributed by atoms with Gasteiger partial charge in [0.15, 0.2) is 0 Å². The highest BCUT2D eigenvalue weighted by molar-refractivity contribution is 9.10. The Kier molecular flexibility index (Phi) is 7.52. The van der Waals surface area contributed by atoms with Crippen LogP contribution in [-0.4, -0.2) is 42.4 Å². The summed E-state index contributed by atoms with van der Waals surface area (Å²) in [7, 11) is -4.45. The average Bonchev–Trinajstić information content (AvgIpc) is 2.62. The van der Waals surface area contributed by atoms with E-state index in [0.717, 1.165) is 29.2 Å². The molecule has 2 aromatic carbocycles. The highest BCUT2D eigenvalue weighted by Gasteiger charge is 2.34. The predicted octanol–water partition coefficient (Wildman–Crippen LogP) is 5.39. The minimum absolute atomic E-state index is 0.0856. The number of carboxylic acids is 1. The molecule has 0 fully saturated rings. The molecule has 0 saturated heterocycles. The molecule has 1 N–H and O–H groups in total. The first-order valence-electron chi connectivity index (χ1n) is 8.90. The molecule has 174 valence electrons. The largest absolute Gasteiger partial charge is 0.480 e. The Hall–Kier alpha value is -1.92. The first-order valence-corrected chi connectivity index (χ1v) is 12.0. The highest BCUT2D eigenvalue weighted by Crippen LogP contribution is 2.35. The van der Waals surface area contributed by atoms with Gasteiger partial charge in [-0.1, -0.05) is 31.9 Å². The molecular formula is C20H18Br2F3NO5S. The van der Waals surface area contributed by atoms with Gasteiger partial charge >= 0.3 is 12.1 Å². The second-order valence-corrected chi connectivity index (χ2v) is 11.6. The summed E-state index contributed by atoms with van der Waals surface area (Å²) in [6.07, 6.45) is -4.77. The van der Waals surface area contributed by atoms with Crippen molar-refractivity contribution < 1.29 is 36.3 Å². The molecule has 12 heteroatoms. The van der Waals surface area contributed by atoms with Gasteiger partial charge in [0.1, 0.15) is 6.54 Å². The van der Waals surface area contributed by atoms with Crippen molar-refractivity contribution in [1.82, 2.24) is 4.90 Å². The van der Waals surface area contributed by atoms with Crippen LogP contribution in [0.15, 0.2) is 55.1 Å². The number of nitrogens with zero attached hydrogens (tertiary/aromatic N) is 1. The maximum Gasteiger partial charge on any atom is 0.416 e. The molecule has 32 heavy (non-hydrogen) atoms. The monoisotopic (exact) mass is 599 g/mol. The molecule has 0 aliphatic rings. The summed E-state index contributed by atoms with van der Waals surface area (Å²) >= 11 is 6.01. The third kappa shape index (κ3) is 6.10. The number of sulfone groups is 1. The minimum atomic E-state index is -4.77. The number of aliphatic carboxylic acids is 1. The Labute approximate surface area is 199 Å². The van der Waals surface area contributed by atoms with Crippen LogP contribution in [-0.2, 0) is 20.8 Å². The lowest BCUT2D eigenvalue weighted by molar-refractivity contribution is -0.139. The SMILES string of the molecule is CC(C)(C)N(CC(=O)O)C(=O)c1cc(Br)cc(S(=O)(=O)c2cc(Br)cc(C(F)(F)F)c2)c1. The van der Waals surface area contributed by atoms with E-state index in [1.165, 1.54) is 6.07 Å². The van der Waals surface area contributed by atoms with Gasteiger partial charge in [0.2, 0.25) is 9.84 Å². The first kappa shape index (κ1) is 26.3. The number of hydrogen-bond acceptors (Lipinski definition) is 4. The van der Waals surface area contributed by atoms with Crippen molar-refractivity contribution in [2.75, 3.05) is 6.54 Å². The fraction of sp³-hybridized carbons (Fsp3) is 0.300. The topological polar surface area (TPSA) is 91.8 Å². The summed E-state index contributed by atoms with van der Waals surface area (Å²) in [6, 6.07) is 5.76. The number of carbonyl (C=O) groups excluding carboxylic acids is 1. The average molecular weight is 601 g/mol. The maximum atomic E-state index is 13.2. The van der Waals surface area contributed by atoms with E-state index in [2.05, 4.69) is 31.9 Å². The van der Waals surface area contributed by atoms with E-state index >= 15 is 0 Å². The van der Waals surface area contributed by atoms with Crippen molar-refractivity contribution in [2.24, 2.45) is 0 Å². The number of carboxylic acid groups (broad SMARTS) is 1. The zero-order chi connectivity index (χ0) is 24.6. The van der Waals surface area contributed by atoms with Crippen LogP contribution in [0.4, 0.5) is 13.2 Å². The summed E-state index contributed by atoms with van der Waals surface area (Å²) < 4.78 is 65.8. The van der Waals surface area contributed by atoms with Crippen LogP contribution < -0.4 is 0 Å². The molecule has 0 saturated carbocycles. The fourth-order valence-corrected chi connectivity index (χ4v) is 5.45. The van der Waals surface area contributed by atoms with Crippen molar-refractivity contribution in [2.45, 2.75) is 42.3 Å². The van der Waals surface area contributed by atoms with Crippen LogP contribution in [0.2, 0.25) is 0 Å². The molecule has 0 aromatic heterocycles. The number of alkyl halides is 3. The zero-order valence-electron chi connectivity index (χ0n) is 17.0. The maximum absolute atomic E-state index is 13.2. The Morgan fingerprint density at radius 3 is 1.91 bits per heavy atom. The Balaban J connectivity index is 2.63. The molecule has 0 radical (unpaired) electrons. The molecule has 0 aliphatic carbocycles. The summed E-state index contributed by atoms with van der Waals surface area (Å²) in [5.74, 6) is -2.01. The molecule has 0 bridgehead atoms. The zero-order valence-corrected chi connectivity index (χ0v) is 21.0. The lowest BCUT2D eigenvalue weighted by Gasteiger charge is -2.34. The van der Waals surface area contributed by atoms with E-state index in [1.807, 2.05) is 0 Å². The molecule has 0 aliphatic heterocycles. The van der Waals surface area contributed by atoms with Gasteiger partial charge in [-0.05, 0) is 57.2 Å². The second kappa shape index (κ2) is 9.14. The van der Waals surface area contributed by atoms with E-state index in [-0.39, 0.29) is 14.5 Å². The molecule has 0 unspecified atom stereocenters. The molecule has 0 atom stereocenters. The Bertz CT molecular complexity index is 1170. The lowest BCUT2D eigenvalue weighted by atomic mass is 10.0. The summed E-state index contributed by atoms with van der Waals surface area (Å²) in [5, 5.41) is 9.15. The van der Waals surface area contributed by atoms with Gasteiger partial charge in [-0.25, -0.2) is 8.42 Å². The Morgan fingerprint density at radius 2 is 1.44 bits per heavy atom. The van der Waals surface area contributed by atoms with E-state index < -0.39 is 55.3 Å². The minimum Gasteiger partial charge on any atom is -0.480 e. The fourth-order valence-electron chi connectivity index (χ4n) is 2.76. The molecule has 1 amide bonds. The van der Waals surface area contributed by atoms with Gasteiger partial charge in [-0.2, -0.15) is 13.2 Å². The second-order valence-electron chi connectivity index (χ2n) is 7.81. The van der Waals surface area contributed by atoms with Crippen LogP contribution in [0.1, 0.15) is 36.7 Å². The number of rotatable bonds is 5. The summed E-state index contributed by atoms with van der Waals surface area (Å²) in [5.41, 5.74) is -2.19. The number of hydrogen-bond donors (Lipinski definition) is 1. The quantitative estimate of drug-likeness (QED) is 0.497. The smallest absolute Gasteiger partial charge is 0.416 e. The third-order valence-electron chi connectivity index (χ3n) is 4.29. The van der Waals surface area contributed by atoms with Crippen LogP contribution >= 0.6 is 31.9 Å². The lowest BCUT2D eigenvalue weighted by Crippen LogP contribution is -2.48. The highest BCUT2D eigenvalue weighted by atomic mass is 79.9. The van der Waals surface area contributed by atoms with Gasteiger partial charge in [0.25, 0.3) is 5.91 Å². The molecular weight excluding hydrogens is 583 g/mol. The van der Waals surface area contributed by atoms with E-state index in [1.54, 1.807) is 20.8 Å². The van der Waals surface area contributed by atoms with Crippen LogP contribution in [0, 0.1) is 0 Å². The number of halogens is 5. The molecule has 2 aromatic rings. The molecule has 2 rings (SSSR count). The molecule has 0 heterocycles.